The number of carbonyl (C=O) groups excluding carboxylic acids is 1. The number of nitro groups is 1. The summed E-state index contributed by atoms with van der Waals surface area (Å²) < 4.78 is 5.76. The van der Waals surface area contributed by atoms with E-state index >= 15 is 0 Å². The summed E-state index contributed by atoms with van der Waals surface area (Å²) in [6, 6.07) is 17.1. The molecule has 32 heavy (non-hydrogen) atoms. The Hall–Kier alpha value is -2.44. The zero-order valence-corrected chi connectivity index (χ0v) is 19.1. The van der Waals surface area contributed by atoms with Crippen molar-refractivity contribution in [2.75, 3.05) is 26.2 Å². The molecule has 2 aromatic rings. The molecule has 6 nitrogen and oxygen atoms in total. The summed E-state index contributed by atoms with van der Waals surface area (Å²) in [5.41, 5.74) is 1.64. The smallest absolute Gasteiger partial charge is 0.316 e. The Morgan fingerprint density at radius 1 is 1.03 bits per heavy atom. The summed E-state index contributed by atoms with van der Waals surface area (Å²) in [5, 5.41) is 10.9. The Morgan fingerprint density at radius 2 is 1.66 bits per heavy atom. The maximum atomic E-state index is 13.1. The third-order valence-electron chi connectivity index (χ3n) is 6.98. The summed E-state index contributed by atoms with van der Waals surface area (Å²) in [4.78, 5) is 26.0. The van der Waals surface area contributed by atoms with Crippen molar-refractivity contribution in [1.29, 1.82) is 0 Å². The van der Waals surface area contributed by atoms with Crippen molar-refractivity contribution in [2.24, 2.45) is 0 Å². The van der Waals surface area contributed by atoms with E-state index in [0.29, 0.717) is 12.5 Å². The Bertz CT molecular complexity index is 890. The minimum absolute atomic E-state index is 0. The van der Waals surface area contributed by atoms with Crippen molar-refractivity contribution >= 4 is 24.1 Å². The fourth-order valence-corrected chi connectivity index (χ4v) is 5.11. The topological polar surface area (TPSA) is 72.7 Å². The average molecular weight is 459 g/mol. The van der Waals surface area contributed by atoms with Crippen LogP contribution in [0, 0.1) is 10.1 Å². The molecule has 2 aromatic carbocycles. The predicted molar refractivity (Wildman–Crippen MR) is 126 cm³/mol. The van der Waals surface area contributed by atoms with Gasteiger partial charge in [-0.1, -0.05) is 55.3 Å². The van der Waals surface area contributed by atoms with Gasteiger partial charge in [0.2, 0.25) is 0 Å². The van der Waals surface area contributed by atoms with Gasteiger partial charge in [0.15, 0.2) is 0 Å². The molecule has 0 radical (unpaired) electrons. The van der Waals surface area contributed by atoms with E-state index in [0.717, 1.165) is 63.7 Å². The first-order valence-electron chi connectivity index (χ1n) is 11.3. The molecule has 1 aliphatic carbocycles. The molecule has 0 bridgehead atoms. The van der Waals surface area contributed by atoms with Gasteiger partial charge in [0.1, 0.15) is 6.61 Å². The maximum Gasteiger partial charge on any atom is 0.316 e. The fraction of sp³-hybridized carbons (Fsp3) is 0.480. The first-order valence-corrected chi connectivity index (χ1v) is 11.3. The lowest BCUT2D eigenvalue weighted by atomic mass is 9.79. The van der Waals surface area contributed by atoms with Crippen LogP contribution in [-0.4, -0.2) is 42.0 Å². The third-order valence-corrected chi connectivity index (χ3v) is 6.98. The molecular weight excluding hydrogens is 428 g/mol. The number of rotatable bonds is 7. The molecule has 0 aromatic heterocycles. The first-order chi connectivity index (χ1) is 15.1. The second-order valence-electron chi connectivity index (χ2n) is 8.76. The number of hydrogen-bond donors (Lipinski definition) is 0. The van der Waals surface area contributed by atoms with Crippen LogP contribution in [-0.2, 0) is 14.9 Å². The normalized spacial score (nSPS) is 18.6. The van der Waals surface area contributed by atoms with Crippen LogP contribution in [0.5, 0.6) is 0 Å². The molecule has 1 heterocycles. The van der Waals surface area contributed by atoms with E-state index in [4.69, 9.17) is 4.74 Å². The number of piperidine rings is 1. The minimum Gasteiger partial charge on any atom is -0.464 e. The van der Waals surface area contributed by atoms with Gasteiger partial charge in [-0.25, -0.2) is 0 Å². The molecule has 0 N–H and O–H groups in total. The SMILES string of the molecule is Cl.O=C(OCCN1CCC(c2ccccc2)CC1)C1(c2ccc([N+](=O)[O-])cc2)CCCC1. The Morgan fingerprint density at radius 3 is 2.25 bits per heavy atom. The summed E-state index contributed by atoms with van der Waals surface area (Å²) in [6.45, 7) is 3.18. The predicted octanol–water partition coefficient (Wildman–Crippen LogP) is 5.25. The summed E-state index contributed by atoms with van der Waals surface area (Å²) in [5.74, 6) is 0.432. The minimum atomic E-state index is -0.657. The van der Waals surface area contributed by atoms with Gasteiger partial charge < -0.3 is 4.74 Å². The number of ether oxygens (including phenoxy) is 1. The lowest BCUT2D eigenvalue weighted by molar-refractivity contribution is -0.384. The molecule has 2 fully saturated rings. The second-order valence-corrected chi connectivity index (χ2v) is 8.76. The highest BCUT2D eigenvalue weighted by atomic mass is 35.5. The monoisotopic (exact) mass is 458 g/mol. The molecule has 7 heteroatoms. The number of carbonyl (C=O) groups is 1. The molecule has 172 valence electrons. The van der Waals surface area contributed by atoms with Crippen molar-refractivity contribution in [3.63, 3.8) is 0 Å². The quantitative estimate of drug-likeness (QED) is 0.322. The lowest BCUT2D eigenvalue weighted by Crippen LogP contribution is -2.39. The number of hydrogen-bond acceptors (Lipinski definition) is 5. The molecule has 4 rings (SSSR count). The van der Waals surface area contributed by atoms with Crippen molar-refractivity contribution in [1.82, 2.24) is 4.90 Å². The number of esters is 1. The maximum absolute atomic E-state index is 13.1. The summed E-state index contributed by atoms with van der Waals surface area (Å²) in [6.07, 6.45) is 5.69. The van der Waals surface area contributed by atoms with Gasteiger partial charge in [-0.05, 0) is 55.8 Å². The molecule has 0 spiro atoms. The van der Waals surface area contributed by atoms with Crippen molar-refractivity contribution < 1.29 is 14.5 Å². The van der Waals surface area contributed by atoms with Gasteiger partial charge in [-0.2, -0.15) is 0 Å². The molecule has 1 saturated heterocycles. The molecule has 2 aliphatic rings. The van der Waals surface area contributed by atoms with Crippen LogP contribution < -0.4 is 0 Å². The third kappa shape index (κ3) is 5.30. The van der Waals surface area contributed by atoms with Crippen LogP contribution in [0.3, 0.4) is 0 Å². The molecule has 0 amide bonds. The Kier molecular flexibility index (Phi) is 8.26. The van der Waals surface area contributed by atoms with E-state index in [9.17, 15) is 14.9 Å². The first kappa shape index (κ1) is 24.2. The van der Waals surface area contributed by atoms with E-state index < -0.39 is 10.3 Å². The van der Waals surface area contributed by atoms with Gasteiger partial charge in [-0.3, -0.25) is 19.8 Å². The second kappa shape index (κ2) is 10.9. The van der Waals surface area contributed by atoms with E-state index in [-0.39, 0.29) is 24.1 Å². The number of likely N-dealkylation sites (tertiary alicyclic amines) is 1. The summed E-state index contributed by atoms with van der Waals surface area (Å²) in [7, 11) is 0. The van der Waals surface area contributed by atoms with Gasteiger partial charge in [0.25, 0.3) is 5.69 Å². The molecule has 0 unspecified atom stereocenters. The Labute approximate surface area is 195 Å². The number of nitro benzene ring substituents is 1. The molecular formula is C25H31ClN2O4. The van der Waals surface area contributed by atoms with E-state index in [1.807, 2.05) is 0 Å². The highest BCUT2D eigenvalue weighted by Crippen LogP contribution is 2.42. The fourth-order valence-electron chi connectivity index (χ4n) is 5.11. The molecule has 1 aliphatic heterocycles. The van der Waals surface area contributed by atoms with E-state index in [1.165, 1.54) is 17.7 Å². The van der Waals surface area contributed by atoms with Crippen molar-refractivity contribution in [3.8, 4) is 0 Å². The highest BCUT2D eigenvalue weighted by molar-refractivity contribution is 5.85. The lowest BCUT2D eigenvalue weighted by Gasteiger charge is -2.32. The summed E-state index contributed by atoms with van der Waals surface area (Å²) >= 11 is 0. The zero-order chi connectivity index (χ0) is 21.7. The number of halogens is 1. The molecule has 0 atom stereocenters. The van der Waals surface area contributed by atoms with Crippen molar-refractivity contribution in [2.45, 2.75) is 49.9 Å². The number of non-ortho nitro benzene ring substituents is 1. The van der Waals surface area contributed by atoms with Crippen LogP contribution in [0.15, 0.2) is 54.6 Å². The number of benzene rings is 2. The van der Waals surface area contributed by atoms with Gasteiger partial charge in [0, 0.05) is 18.7 Å². The van der Waals surface area contributed by atoms with Crippen LogP contribution >= 0.6 is 12.4 Å². The highest BCUT2D eigenvalue weighted by Gasteiger charge is 2.44. The molecule has 1 saturated carbocycles. The van der Waals surface area contributed by atoms with Crippen LogP contribution in [0.1, 0.15) is 55.6 Å². The van der Waals surface area contributed by atoms with Crippen LogP contribution in [0.4, 0.5) is 5.69 Å². The van der Waals surface area contributed by atoms with Crippen LogP contribution in [0.25, 0.3) is 0 Å². The average Bonchev–Trinajstić information content (AvgIpc) is 3.31. The van der Waals surface area contributed by atoms with E-state index in [1.54, 1.807) is 12.1 Å². The zero-order valence-electron chi connectivity index (χ0n) is 18.3. The van der Waals surface area contributed by atoms with Gasteiger partial charge in [-0.15, -0.1) is 12.4 Å². The largest absolute Gasteiger partial charge is 0.464 e. The Balaban J connectivity index is 0.00000289. The van der Waals surface area contributed by atoms with Crippen molar-refractivity contribution in [3.05, 3.63) is 75.8 Å². The van der Waals surface area contributed by atoms with Crippen LogP contribution in [0.2, 0.25) is 0 Å². The number of nitrogens with zero attached hydrogens (tertiary/aromatic N) is 2. The van der Waals surface area contributed by atoms with Gasteiger partial charge in [0.05, 0.1) is 10.3 Å². The van der Waals surface area contributed by atoms with E-state index in [2.05, 4.69) is 35.2 Å². The van der Waals surface area contributed by atoms with Gasteiger partial charge >= 0.3 is 5.97 Å². The standard InChI is InChI=1S/C25H30N2O4.ClH/c28-24(25(14-4-5-15-25)22-8-10-23(11-9-22)27(29)30)31-19-18-26-16-12-21(13-17-26)20-6-2-1-3-7-20;/h1-3,6-11,21H,4-5,12-19H2;1H.